The molecule has 3 aromatic rings. The van der Waals surface area contributed by atoms with Gasteiger partial charge in [-0.1, -0.05) is 18.2 Å². The van der Waals surface area contributed by atoms with E-state index in [0.717, 1.165) is 48.4 Å². The molecule has 0 bridgehead atoms. The lowest BCUT2D eigenvalue weighted by Gasteiger charge is -2.35. The molecule has 4 rings (SSSR count). The van der Waals surface area contributed by atoms with Crippen LogP contribution in [0.25, 0.3) is 22.4 Å². The van der Waals surface area contributed by atoms with Gasteiger partial charge in [-0.2, -0.15) is 5.10 Å². The van der Waals surface area contributed by atoms with Crippen LogP contribution in [0.1, 0.15) is 38.2 Å². The van der Waals surface area contributed by atoms with Gasteiger partial charge in [-0.25, -0.2) is 0 Å². The Labute approximate surface area is 154 Å². The second-order valence-corrected chi connectivity index (χ2v) is 7.67. The summed E-state index contributed by atoms with van der Waals surface area (Å²) < 4.78 is 7.94. The first kappa shape index (κ1) is 17.3. The molecule has 0 aliphatic carbocycles. The van der Waals surface area contributed by atoms with Crippen LogP contribution in [0.5, 0.6) is 0 Å². The molecular formula is C21H27N3O2. The molecule has 0 saturated carbocycles. The fourth-order valence-electron chi connectivity index (χ4n) is 4.26. The number of rotatable bonds is 6. The van der Waals surface area contributed by atoms with Crippen LogP contribution in [0.3, 0.4) is 0 Å². The topological polar surface area (TPSA) is 54.4 Å². The molecule has 5 nitrogen and oxygen atoms in total. The molecule has 1 fully saturated rings. The van der Waals surface area contributed by atoms with Gasteiger partial charge in [0, 0.05) is 42.9 Å². The zero-order valence-electron chi connectivity index (χ0n) is 15.6. The van der Waals surface area contributed by atoms with Crippen LogP contribution in [0.4, 0.5) is 0 Å². The van der Waals surface area contributed by atoms with Gasteiger partial charge in [0.15, 0.2) is 5.76 Å². The minimum Gasteiger partial charge on any atom is -0.454 e. The van der Waals surface area contributed by atoms with Crippen molar-refractivity contribution in [3.63, 3.8) is 0 Å². The summed E-state index contributed by atoms with van der Waals surface area (Å²) in [7, 11) is 1.96. The number of para-hydroxylation sites is 1. The summed E-state index contributed by atoms with van der Waals surface area (Å²) in [6.07, 6.45) is 6.39. The molecule has 1 aliphatic heterocycles. The Morgan fingerprint density at radius 2 is 2.15 bits per heavy atom. The number of hydrogen-bond donors (Lipinski definition) is 1. The summed E-state index contributed by atoms with van der Waals surface area (Å²) in [5, 5.41) is 15.0. The number of aromatic nitrogens is 2. The molecule has 0 amide bonds. The third-order valence-corrected chi connectivity index (χ3v) is 5.70. The highest BCUT2D eigenvalue weighted by atomic mass is 16.3. The lowest BCUT2D eigenvalue weighted by molar-refractivity contribution is 0.125. The molecule has 1 atom stereocenters. The Kier molecular flexibility index (Phi) is 4.59. The zero-order chi connectivity index (χ0) is 18.1. The highest BCUT2D eigenvalue weighted by Gasteiger charge is 2.36. The van der Waals surface area contributed by atoms with Crippen molar-refractivity contribution < 1.29 is 9.52 Å². The van der Waals surface area contributed by atoms with Crippen LogP contribution >= 0.6 is 0 Å². The summed E-state index contributed by atoms with van der Waals surface area (Å²) in [4.78, 5) is 2.55. The van der Waals surface area contributed by atoms with Crippen molar-refractivity contribution in [2.75, 3.05) is 13.2 Å². The minimum atomic E-state index is 0.156. The van der Waals surface area contributed by atoms with E-state index in [2.05, 4.69) is 35.3 Å². The standard InChI is InChI=1S/C21H27N3O2/c1-21(10-6-12-25)9-5-11-24(21)15-17-14-23(2)22-20(17)19-13-16-7-3-4-8-18(16)26-19/h3-4,7-8,13-14,25H,5-6,9-12,15H2,1-2H3. The van der Waals surface area contributed by atoms with E-state index in [9.17, 15) is 5.11 Å². The average Bonchev–Trinajstić information content (AvgIpc) is 3.31. The molecule has 0 spiro atoms. The van der Waals surface area contributed by atoms with Gasteiger partial charge in [0.25, 0.3) is 0 Å². The van der Waals surface area contributed by atoms with E-state index in [0.29, 0.717) is 0 Å². The van der Waals surface area contributed by atoms with E-state index in [-0.39, 0.29) is 12.1 Å². The Hall–Kier alpha value is -2.11. The zero-order valence-corrected chi connectivity index (χ0v) is 15.6. The Balaban J connectivity index is 1.63. The van der Waals surface area contributed by atoms with Crippen molar-refractivity contribution in [2.45, 2.75) is 44.7 Å². The maximum Gasteiger partial charge on any atom is 0.156 e. The maximum atomic E-state index is 9.24. The average molecular weight is 353 g/mol. The summed E-state index contributed by atoms with van der Waals surface area (Å²) in [6, 6.07) is 10.2. The third-order valence-electron chi connectivity index (χ3n) is 5.70. The van der Waals surface area contributed by atoms with E-state index >= 15 is 0 Å². The van der Waals surface area contributed by atoms with Gasteiger partial charge in [0.05, 0.1) is 0 Å². The molecule has 1 aromatic carbocycles. The van der Waals surface area contributed by atoms with Gasteiger partial charge < -0.3 is 9.52 Å². The van der Waals surface area contributed by atoms with Gasteiger partial charge >= 0.3 is 0 Å². The van der Waals surface area contributed by atoms with Crippen LogP contribution in [0, 0.1) is 0 Å². The van der Waals surface area contributed by atoms with Crippen LogP contribution in [-0.4, -0.2) is 38.5 Å². The van der Waals surface area contributed by atoms with E-state index in [4.69, 9.17) is 4.42 Å². The van der Waals surface area contributed by atoms with Gasteiger partial charge in [-0.05, 0) is 51.3 Å². The van der Waals surface area contributed by atoms with E-state index in [1.54, 1.807) is 0 Å². The van der Waals surface area contributed by atoms with Crippen LogP contribution in [0.2, 0.25) is 0 Å². The highest BCUT2D eigenvalue weighted by Crippen LogP contribution is 2.36. The predicted octanol–water partition coefficient (Wildman–Crippen LogP) is 3.96. The SMILES string of the molecule is Cn1cc(CN2CCCC2(C)CCCO)c(-c2cc3ccccc3o2)n1. The molecule has 1 aliphatic rings. The minimum absolute atomic E-state index is 0.156. The molecule has 2 aromatic heterocycles. The first-order chi connectivity index (χ1) is 12.6. The number of likely N-dealkylation sites (tertiary alicyclic amines) is 1. The molecule has 5 heteroatoms. The quantitative estimate of drug-likeness (QED) is 0.729. The van der Waals surface area contributed by atoms with Gasteiger partial charge in [-0.3, -0.25) is 9.58 Å². The highest BCUT2D eigenvalue weighted by molar-refractivity contribution is 5.82. The number of furan rings is 1. The number of benzene rings is 1. The molecule has 1 saturated heterocycles. The van der Waals surface area contributed by atoms with E-state index < -0.39 is 0 Å². The molecule has 26 heavy (non-hydrogen) atoms. The number of aliphatic hydroxyl groups excluding tert-OH is 1. The second kappa shape index (κ2) is 6.89. The predicted molar refractivity (Wildman–Crippen MR) is 103 cm³/mol. The second-order valence-electron chi connectivity index (χ2n) is 7.67. The third kappa shape index (κ3) is 3.17. The molecule has 1 N–H and O–H groups in total. The van der Waals surface area contributed by atoms with Gasteiger partial charge in [-0.15, -0.1) is 0 Å². The largest absolute Gasteiger partial charge is 0.454 e. The van der Waals surface area contributed by atoms with Crippen molar-refractivity contribution in [3.8, 4) is 11.5 Å². The number of nitrogens with zero attached hydrogens (tertiary/aromatic N) is 3. The van der Waals surface area contributed by atoms with Crippen LogP contribution < -0.4 is 0 Å². The van der Waals surface area contributed by atoms with Gasteiger partial charge in [0.2, 0.25) is 0 Å². The van der Waals surface area contributed by atoms with Crippen LogP contribution in [-0.2, 0) is 13.6 Å². The van der Waals surface area contributed by atoms with Crippen molar-refractivity contribution in [1.82, 2.24) is 14.7 Å². The smallest absolute Gasteiger partial charge is 0.156 e. The van der Waals surface area contributed by atoms with Crippen molar-refractivity contribution in [3.05, 3.63) is 42.1 Å². The van der Waals surface area contributed by atoms with Crippen molar-refractivity contribution >= 4 is 11.0 Å². The van der Waals surface area contributed by atoms with Crippen molar-refractivity contribution in [2.24, 2.45) is 7.05 Å². The first-order valence-corrected chi connectivity index (χ1v) is 9.46. The normalized spacial score (nSPS) is 21.0. The molecule has 138 valence electrons. The summed E-state index contributed by atoms with van der Waals surface area (Å²) in [5.74, 6) is 0.832. The monoisotopic (exact) mass is 353 g/mol. The maximum absolute atomic E-state index is 9.24. The first-order valence-electron chi connectivity index (χ1n) is 9.46. The molecular weight excluding hydrogens is 326 g/mol. The Morgan fingerprint density at radius 3 is 2.96 bits per heavy atom. The molecule has 0 radical (unpaired) electrons. The molecule has 1 unspecified atom stereocenters. The summed E-state index contributed by atoms with van der Waals surface area (Å²) >= 11 is 0. The Bertz CT molecular complexity index is 865. The van der Waals surface area contributed by atoms with E-state index in [1.165, 1.54) is 18.4 Å². The Morgan fingerprint density at radius 1 is 1.31 bits per heavy atom. The van der Waals surface area contributed by atoms with Gasteiger partial charge in [0.1, 0.15) is 11.3 Å². The summed E-state index contributed by atoms with van der Waals surface area (Å²) in [5.41, 5.74) is 3.18. The van der Waals surface area contributed by atoms with E-state index in [1.807, 2.05) is 29.9 Å². The number of hydrogen-bond acceptors (Lipinski definition) is 4. The lowest BCUT2D eigenvalue weighted by atomic mass is 9.92. The van der Waals surface area contributed by atoms with Crippen LogP contribution in [0.15, 0.2) is 40.9 Å². The lowest BCUT2D eigenvalue weighted by Crippen LogP contribution is -2.40. The fourth-order valence-corrected chi connectivity index (χ4v) is 4.26. The fraction of sp³-hybridized carbons (Fsp3) is 0.476. The number of aryl methyl sites for hydroxylation is 1. The van der Waals surface area contributed by atoms with Crippen molar-refractivity contribution in [1.29, 1.82) is 0 Å². The number of aliphatic hydroxyl groups is 1. The summed E-state index contributed by atoms with van der Waals surface area (Å²) in [6.45, 7) is 4.55. The number of fused-ring (bicyclic) bond motifs is 1. The molecule has 3 heterocycles.